The van der Waals surface area contributed by atoms with Crippen molar-refractivity contribution in [3.8, 4) is 0 Å². The van der Waals surface area contributed by atoms with Gasteiger partial charge in [0.05, 0.1) is 31.0 Å². The number of fused-ring (bicyclic) bond motifs is 2. The second-order valence-corrected chi connectivity index (χ2v) is 8.14. The van der Waals surface area contributed by atoms with Gasteiger partial charge in [0.25, 0.3) is 0 Å². The number of ether oxygens (including phenoxy) is 3. The first-order chi connectivity index (χ1) is 11.9. The van der Waals surface area contributed by atoms with Crippen LogP contribution in [0.5, 0.6) is 0 Å². The summed E-state index contributed by atoms with van der Waals surface area (Å²) in [5, 5.41) is 0. The average molecular weight is 348 g/mol. The van der Waals surface area contributed by atoms with Gasteiger partial charge in [0, 0.05) is 5.57 Å². The van der Waals surface area contributed by atoms with E-state index in [1.807, 2.05) is 0 Å². The molecule has 25 heavy (non-hydrogen) atoms. The van der Waals surface area contributed by atoms with Crippen molar-refractivity contribution in [1.29, 1.82) is 0 Å². The van der Waals surface area contributed by atoms with Crippen LogP contribution in [0.25, 0.3) is 0 Å². The highest BCUT2D eigenvalue weighted by molar-refractivity contribution is 5.88. The fourth-order valence-corrected chi connectivity index (χ4v) is 4.14. The van der Waals surface area contributed by atoms with Crippen LogP contribution in [0, 0.1) is 5.92 Å². The summed E-state index contributed by atoms with van der Waals surface area (Å²) in [5.74, 6) is -0.177. The van der Waals surface area contributed by atoms with Crippen LogP contribution in [0.3, 0.4) is 0 Å². The van der Waals surface area contributed by atoms with Crippen LogP contribution in [0.1, 0.15) is 65.2 Å². The number of rotatable bonds is 2. The number of carbonyl (C=O) groups is 1. The Morgan fingerprint density at radius 1 is 1.32 bits per heavy atom. The van der Waals surface area contributed by atoms with Gasteiger partial charge in [-0.25, -0.2) is 4.79 Å². The second-order valence-electron chi connectivity index (χ2n) is 8.14. The summed E-state index contributed by atoms with van der Waals surface area (Å²) >= 11 is 0. The van der Waals surface area contributed by atoms with Gasteiger partial charge in [-0.3, -0.25) is 0 Å². The van der Waals surface area contributed by atoms with E-state index < -0.39 is 0 Å². The summed E-state index contributed by atoms with van der Waals surface area (Å²) < 4.78 is 16.7. The van der Waals surface area contributed by atoms with Crippen LogP contribution >= 0.6 is 0 Å². The summed E-state index contributed by atoms with van der Waals surface area (Å²) in [6.45, 7) is 8.43. The van der Waals surface area contributed by atoms with Crippen molar-refractivity contribution < 1.29 is 19.0 Å². The van der Waals surface area contributed by atoms with Gasteiger partial charge in [-0.15, -0.1) is 0 Å². The molecule has 0 aromatic carbocycles. The Morgan fingerprint density at radius 3 is 2.84 bits per heavy atom. The van der Waals surface area contributed by atoms with Crippen molar-refractivity contribution >= 4 is 5.97 Å². The molecular formula is C21H32O4. The highest BCUT2D eigenvalue weighted by atomic mass is 16.6. The first-order valence-electron chi connectivity index (χ1n) is 9.69. The molecule has 4 nitrogen and oxygen atoms in total. The van der Waals surface area contributed by atoms with E-state index in [9.17, 15) is 4.79 Å². The average Bonchev–Trinajstić information content (AvgIpc) is 3.47. The molecule has 3 aliphatic rings. The number of carbonyl (C=O) groups excluding carboxylic acids is 1. The Kier molecular flexibility index (Phi) is 5.69. The third kappa shape index (κ3) is 4.73. The van der Waals surface area contributed by atoms with E-state index in [0.717, 1.165) is 44.9 Å². The van der Waals surface area contributed by atoms with E-state index in [2.05, 4.69) is 26.5 Å². The standard InChI is InChI=1S/C21H32O4/c1-14-7-5-9-17-18(24-17)11-10-16(15(2)20(22)23-4)13-19-21(3,25-19)12-6-8-14/h8,16-19H,2,5-7,9-13H2,1,3-4H3/b14-8+/t16-,17+,18+,19-,21+/m1/s1. The van der Waals surface area contributed by atoms with Crippen molar-refractivity contribution in [2.45, 2.75) is 89.1 Å². The largest absolute Gasteiger partial charge is 0.466 e. The number of esters is 1. The third-order valence-corrected chi connectivity index (χ3v) is 6.15. The molecule has 0 bridgehead atoms. The molecule has 2 fully saturated rings. The fraction of sp³-hybridized carbons (Fsp3) is 0.762. The van der Waals surface area contributed by atoms with Crippen molar-refractivity contribution in [3.05, 3.63) is 23.8 Å². The third-order valence-electron chi connectivity index (χ3n) is 6.15. The van der Waals surface area contributed by atoms with E-state index in [0.29, 0.717) is 17.8 Å². The maximum Gasteiger partial charge on any atom is 0.333 e. The Hall–Kier alpha value is -1.13. The minimum absolute atomic E-state index is 0.0514. The zero-order valence-corrected chi connectivity index (χ0v) is 15.9. The smallest absolute Gasteiger partial charge is 0.333 e. The molecule has 1 aliphatic carbocycles. The van der Waals surface area contributed by atoms with Crippen LogP contribution < -0.4 is 0 Å². The number of methoxy groups -OCH3 is 1. The molecule has 2 saturated heterocycles. The lowest BCUT2D eigenvalue weighted by atomic mass is 9.86. The van der Waals surface area contributed by atoms with Crippen molar-refractivity contribution in [2.24, 2.45) is 5.92 Å². The minimum atomic E-state index is -0.294. The highest BCUT2D eigenvalue weighted by Crippen LogP contribution is 2.46. The maximum atomic E-state index is 12.0. The van der Waals surface area contributed by atoms with Gasteiger partial charge in [0.2, 0.25) is 0 Å². The van der Waals surface area contributed by atoms with Crippen LogP contribution in [0.2, 0.25) is 0 Å². The molecule has 0 N–H and O–H groups in total. The van der Waals surface area contributed by atoms with Crippen molar-refractivity contribution in [1.82, 2.24) is 0 Å². The second kappa shape index (κ2) is 7.63. The quantitative estimate of drug-likeness (QED) is 0.322. The number of hydrogen-bond donors (Lipinski definition) is 0. The van der Waals surface area contributed by atoms with Gasteiger partial charge in [-0.1, -0.05) is 18.2 Å². The molecule has 0 amide bonds. The molecule has 5 atom stereocenters. The molecule has 0 aromatic heterocycles. The summed E-state index contributed by atoms with van der Waals surface area (Å²) in [4.78, 5) is 12.0. The fourth-order valence-electron chi connectivity index (χ4n) is 4.14. The van der Waals surface area contributed by atoms with Gasteiger partial charge in [-0.05, 0) is 71.1 Å². The van der Waals surface area contributed by atoms with Crippen LogP contribution in [-0.2, 0) is 19.0 Å². The Bertz CT molecular complexity index is 552. The van der Waals surface area contributed by atoms with E-state index in [1.165, 1.54) is 19.1 Å². The highest BCUT2D eigenvalue weighted by Gasteiger charge is 2.52. The Balaban J connectivity index is 1.66. The molecule has 4 heteroatoms. The van der Waals surface area contributed by atoms with Gasteiger partial charge in [0.15, 0.2) is 0 Å². The minimum Gasteiger partial charge on any atom is -0.466 e. The molecule has 140 valence electrons. The lowest BCUT2D eigenvalue weighted by Crippen LogP contribution is -2.19. The Morgan fingerprint density at radius 2 is 2.08 bits per heavy atom. The van der Waals surface area contributed by atoms with Gasteiger partial charge in [0.1, 0.15) is 0 Å². The van der Waals surface area contributed by atoms with Gasteiger partial charge >= 0.3 is 5.97 Å². The lowest BCUT2D eigenvalue weighted by molar-refractivity contribution is -0.136. The van der Waals surface area contributed by atoms with Crippen LogP contribution in [0.4, 0.5) is 0 Å². The summed E-state index contributed by atoms with van der Waals surface area (Å²) in [6, 6.07) is 0. The van der Waals surface area contributed by atoms with Crippen LogP contribution in [-0.4, -0.2) is 37.0 Å². The molecule has 0 radical (unpaired) electrons. The molecule has 0 aromatic rings. The van der Waals surface area contributed by atoms with E-state index in [1.54, 1.807) is 0 Å². The molecule has 2 heterocycles. The Labute approximate surface area is 151 Å². The predicted octanol–water partition coefficient (Wildman–Crippen LogP) is 4.34. The molecule has 3 rings (SSSR count). The van der Waals surface area contributed by atoms with Gasteiger partial charge < -0.3 is 14.2 Å². The first-order valence-corrected chi connectivity index (χ1v) is 9.69. The van der Waals surface area contributed by atoms with Crippen molar-refractivity contribution in [2.75, 3.05) is 7.11 Å². The maximum absolute atomic E-state index is 12.0. The molecule has 0 saturated carbocycles. The lowest BCUT2D eigenvalue weighted by Gasteiger charge is -2.17. The topological polar surface area (TPSA) is 51.4 Å². The summed E-state index contributed by atoms with van der Waals surface area (Å²) in [7, 11) is 1.42. The number of epoxide rings is 2. The molecule has 0 spiro atoms. The normalized spacial score (nSPS) is 41.0. The zero-order chi connectivity index (χ0) is 18.0. The van der Waals surface area contributed by atoms with E-state index >= 15 is 0 Å². The molecular weight excluding hydrogens is 316 g/mol. The summed E-state index contributed by atoms with van der Waals surface area (Å²) in [5.41, 5.74) is 2.01. The van der Waals surface area contributed by atoms with Gasteiger partial charge in [-0.2, -0.15) is 0 Å². The summed E-state index contributed by atoms with van der Waals surface area (Å²) in [6.07, 6.45) is 11.7. The van der Waals surface area contributed by atoms with E-state index in [-0.39, 0.29) is 23.6 Å². The number of allylic oxidation sites excluding steroid dienone is 2. The van der Waals surface area contributed by atoms with Crippen molar-refractivity contribution in [3.63, 3.8) is 0 Å². The van der Waals surface area contributed by atoms with E-state index in [4.69, 9.17) is 14.2 Å². The monoisotopic (exact) mass is 348 g/mol. The molecule has 2 aliphatic heterocycles. The molecule has 0 unspecified atom stereocenters. The first kappa shape index (κ1) is 18.7. The number of hydrogen-bond acceptors (Lipinski definition) is 4. The predicted molar refractivity (Wildman–Crippen MR) is 97.3 cm³/mol. The zero-order valence-electron chi connectivity index (χ0n) is 15.9. The van der Waals surface area contributed by atoms with Crippen LogP contribution in [0.15, 0.2) is 23.8 Å². The SMILES string of the molecule is C=C(C(=O)OC)[C@@H]1CC[C@@H]2O[C@H]2CCC/C(C)=C/CC[C@]2(C)O[C@@H]2C1.